The van der Waals surface area contributed by atoms with Crippen LogP contribution < -0.4 is 5.32 Å². The van der Waals surface area contributed by atoms with Gasteiger partial charge in [0.25, 0.3) is 0 Å². The zero-order valence-corrected chi connectivity index (χ0v) is 16.9. The molecule has 1 amide bonds. The number of anilines is 1. The molecule has 28 heavy (non-hydrogen) atoms. The Morgan fingerprint density at radius 3 is 2.71 bits per heavy atom. The number of carbonyl (C=O) groups excluding carboxylic acids is 1. The second-order valence-electron chi connectivity index (χ2n) is 6.07. The summed E-state index contributed by atoms with van der Waals surface area (Å²) in [5.41, 5.74) is 4.02. The molecule has 3 aromatic rings. The number of thioether (sulfide) groups is 1. The van der Waals surface area contributed by atoms with Crippen molar-refractivity contribution in [3.05, 3.63) is 58.1 Å². The van der Waals surface area contributed by atoms with Crippen molar-refractivity contribution in [2.75, 3.05) is 11.1 Å². The first-order valence-corrected chi connectivity index (χ1v) is 9.83. The number of aromatic nitrogens is 4. The molecule has 0 bridgehead atoms. The number of carbonyl (C=O) groups is 1. The molecule has 1 aromatic heterocycles. The fourth-order valence-corrected chi connectivity index (χ4v) is 3.73. The molecular formula is C19H17ClN6OS. The molecule has 7 nitrogen and oxygen atoms in total. The molecule has 0 spiro atoms. The van der Waals surface area contributed by atoms with Gasteiger partial charge < -0.3 is 5.32 Å². The van der Waals surface area contributed by atoms with Crippen molar-refractivity contribution in [3.63, 3.8) is 0 Å². The van der Waals surface area contributed by atoms with Crippen LogP contribution in [0.1, 0.15) is 23.1 Å². The van der Waals surface area contributed by atoms with Crippen LogP contribution in [0.4, 0.5) is 5.69 Å². The summed E-state index contributed by atoms with van der Waals surface area (Å²) in [5.74, 6) is 0.362. The van der Waals surface area contributed by atoms with E-state index in [0.29, 0.717) is 27.2 Å². The summed E-state index contributed by atoms with van der Waals surface area (Å²) in [6.07, 6.45) is 0.280. The quantitative estimate of drug-likeness (QED) is 0.616. The third-order valence-electron chi connectivity index (χ3n) is 4.03. The third kappa shape index (κ3) is 4.50. The molecule has 0 radical (unpaired) electrons. The normalized spacial score (nSPS) is 10.5. The molecule has 9 heteroatoms. The number of amides is 1. The van der Waals surface area contributed by atoms with Crippen LogP contribution in [0.15, 0.2) is 41.6 Å². The molecule has 3 rings (SSSR count). The third-order valence-corrected chi connectivity index (χ3v) is 5.26. The van der Waals surface area contributed by atoms with Gasteiger partial charge in [-0.3, -0.25) is 4.79 Å². The van der Waals surface area contributed by atoms with E-state index in [-0.39, 0.29) is 12.3 Å². The van der Waals surface area contributed by atoms with Crippen molar-refractivity contribution in [2.45, 2.75) is 25.4 Å². The minimum Gasteiger partial charge on any atom is -0.326 e. The van der Waals surface area contributed by atoms with Crippen LogP contribution in [-0.2, 0) is 4.79 Å². The van der Waals surface area contributed by atoms with Gasteiger partial charge in [0, 0.05) is 17.9 Å². The highest BCUT2D eigenvalue weighted by atomic mass is 35.5. The summed E-state index contributed by atoms with van der Waals surface area (Å²) in [7, 11) is 0. The molecule has 0 aliphatic rings. The molecule has 0 fully saturated rings. The topological polar surface area (TPSA) is 96.5 Å². The zero-order valence-electron chi connectivity index (χ0n) is 15.3. The van der Waals surface area contributed by atoms with Crippen LogP contribution in [-0.4, -0.2) is 31.9 Å². The average molecular weight is 413 g/mol. The molecule has 0 aliphatic heterocycles. The van der Waals surface area contributed by atoms with Crippen LogP contribution in [0, 0.1) is 25.2 Å². The Hall–Kier alpha value is -2.89. The first-order chi connectivity index (χ1) is 13.5. The lowest BCUT2D eigenvalue weighted by Crippen LogP contribution is -2.12. The van der Waals surface area contributed by atoms with Gasteiger partial charge in [0.1, 0.15) is 6.07 Å². The van der Waals surface area contributed by atoms with Gasteiger partial charge in [-0.15, -0.1) is 5.10 Å². The number of rotatable bonds is 6. The largest absolute Gasteiger partial charge is 0.326 e. The molecule has 2 aromatic carbocycles. The van der Waals surface area contributed by atoms with Crippen molar-refractivity contribution < 1.29 is 4.79 Å². The SMILES string of the molecule is Cc1cccc(C)c1-n1nnnc1SCCC(=O)Nc1ccc(C#N)c(Cl)c1. The Kier molecular flexibility index (Phi) is 6.29. The van der Waals surface area contributed by atoms with Gasteiger partial charge >= 0.3 is 0 Å². The van der Waals surface area contributed by atoms with E-state index in [1.165, 1.54) is 11.8 Å². The van der Waals surface area contributed by atoms with Gasteiger partial charge in [-0.25, -0.2) is 0 Å². The Labute approximate surface area is 171 Å². The number of nitrogens with zero attached hydrogens (tertiary/aromatic N) is 5. The molecule has 1 N–H and O–H groups in total. The van der Waals surface area contributed by atoms with E-state index in [0.717, 1.165) is 16.8 Å². The number of nitriles is 1. The van der Waals surface area contributed by atoms with E-state index < -0.39 is 0 Å². The molecule has 0 aliphatic carbocycles. The minimum absolute atomic E-state index is 0.153. The highest BCUT2D eigenvalue weighted by Gasteiger charge is 2.14. The molecule has 0 saturated carbocycles. The molecule has 0 atom stereocenters. The van der Waals surface area contributed by atoms with Crippen LogP contribution in [0.2, 0.25) is 5.02 Å². The van der Waals surface area contributed by atoms with E-state index in [1.54, 1.807) is 22.9 Å². The van der Waals surface area contributed by atoms with Gasteiger partial charge in [0.15, 0.2) is 0 Å². The van der Waals surface area contributed by atoms with E-state index >= 15 is 0 Å². The second-order valence-corrected chi connectivity index (χ2v) is 7.54. The van der Waals surface area contributed by atoms with Crippen molar-refractivity contribution in [1.29, 1.82) is 5.26 Å². The van der Waals surface area contributed by atoms with Crippen molar-refractivity contribution in [3.8, 4) is 11.8 Å². The summed E-state index contributed by atoms with van der Waals surface area (Å²) in [6.45, 7) is 4.02. The highest BCUT2D eigenvalue weighted by molar-refractivity contribution is 7.99. The summed E-state index contributed by atoms with van der Waals surface area (Å²) in [4.78, 5) is 12.2. The molecule has 0 unspecified atom stereocenters. The molecule has 142 valence electrons. The number of hydrogen-bond acceptors (Lipinski definition) is 6. The Morgan fingerprint density at radius 2 is 2.04 bits per heavy atom. The lowest BCUT2D eigenvalue weighted by atomic mass is 10.1. The lowest BCUT2D eigenvalue weighted by Gasteiger charge is -2.10. The number of tetrazole rings is 1. The number of aryl methyl sites for hydroxylation is 2. The van der Waals surface area contributed by atoms with E-state index in [2.05, 4.69) is 20.8 Å². The van der Waals surface area contributed by atoms with Gasteiger partial charge in [-0.1, -0.05) is 41.6 Å². The van der Waals surface area contributed by atoms with E-state index in [9.17, 15) is 4.79 Å². The van der Waals surface area contributed by atoms with Crippen molar-refractivity contribution in [2.24, 2.45) is 0 Å². The number of nitrogens with one attached hydrogen (secondary N) is 1. The number of halogens is 1. The predicted molar refractivity (Wildman–Crippen MR) is 109 cm³/mol. The number of benzene rings is 2. The second kappa shape index (κ2) is 8.87. The van der Waals surface area contributed by atoms with Crippen LogP contribution >= 0.6 is 23.4 Å². The predicted octanol–water partition coefficient (Wildman–Crippen LogP) is 3.93. The average Bonchev–Trinajstić information content (AvgIpc) is 3.10. The Morgan fingerprint density at radius 1 is 1.29 bits per heavy atom. The fourth-order valence-electron chi connectivity index (χ4n) is 2.69. The maximum Gasteiger partial charge on any atom is 0.225 e. The van der Waals surface area contributed by atoms with Gasteiger partial charge in [0.2, 0.25) is 11.1 Å². The maximum absolute atomic E-state index is 12.2. The van der Waals surface area contributed by atoms with Crippen molar-refractivity contribution >= 4 is 35.0 Å². The van der Waals surface area contributed by atoms with Crippen molar-refractivity contribution in [1.82, 2.24) is 20.2 Å². The Balaban J connectivity index is 1.61. The summed E-state index contributed by atoms with van der Waals surface area (Å²) < 4.78 is 1.70. The van der Waals surface area contributed by atoms with Crippen LogP contribution in [0.25, 0.3) is 5.69 Å². The summed E-state index contributed by atoms with van der Waals surface area (Å²) >= 11 is 7.39. The monoisotopic (exact) mass is 412 g/mol. The molecule has 0 saturated heterocycles. The van der Waals surface area contributed by atoms with Gasteiger partial charge in [0.05, 0.1) is 16.3 Å². The number of para-hydroxylation sites is 1. The maximum atomic E-state index is 12.2. The number of hydrogen-bond donors (Lipinski definition) is 1. The Bertz CT molecular complexity index is 1040. The summed E-state index contributed by atoms with van der Waals surface area (Å²) in [6, 6.07) is 12.8. The first kappa shape index (κ1) is 19.9. The zero-order chi connectivity index (χ0) is 20.1. The standard InChI is InChI=1S/C19H17ClN6OS/c1-12-4-3-5-13(2)18(12)26-19(23-24-25-26)28-9-8-17(27)22-15-7-6-14(11-21)16(20)10-15/h3-7,10H,8-9H2,1-2H3,(H,22,27). The van der Waals surface area contributed by atoms with Crippen LogP contribution in [0.5, 0.6) is 0 Å². The fraction of sp³-hybridized carbons (Fsp3) is 0.211. The minimum atomic E-state index is -0.153. The first-order valence-electron chi connectivity index (χ1n) is 8.47. The smallest absolute Gasteiger partial charge is 0.225 e. The van der Waals surface area contributed by atoms with Gasteiger partial charge in [-0.05, 0) is 53.6 Å². The lowest BCUT2D eigenvalue weighted by molar-refractivity contribution is -0.115. The van der Waals surface area contributed by atoms with Gasteiger partial charge in [-0.2, -0.15) is 9.94 Å². The summed E-state index contributed by atoms with van der Waals surface area (Å²) in [5, 5.41) is 24.5. The molecular weight excluding hydrogens is 396 g/mol. The van der Waals surface area contributed by atoms with Crippen LogP contribution in [0.3, 0.4) is 0 Å². The van der Waals surface area contributed by atoms with E-state index in [1.807, 2.05) is 38.1 Å². The van der Waals surface area contributed by atoms with E-state index in [4.69, 9.17) is 16.9 Å². The highest BCUT2D eigenvalue weighted by Crippen LogP contribution is 2.24. The molecule has 1 heterocycles.